The van der Waals surface area contributed by atoms with Gasteiger partial charge in [0.25, 0.3) is 0 Å². The summed E-state index contributed by atoms with van der Waals surface area (Å²) >= 11 is 0. The van der Waals surface area contributed by atoms with Crippen LogP contribution in [0.15, 0.2) is 12.1 Å². The Hall–Kier alpha value is -2.16. The van der Waals surface area contributed by atoms with E-state index in [0.717, 1.165) is 6.07 Å². The first-order chi connectivity index (χ1) is 8.01. The quantitative estimate of drug-likeness (QED) is 0.878. The van der Waals surface area contributed by atoms with Crippen LogP contribution >= 0.6 is 0 Å². The lowest BCUT2D eigenvalue weighted by Gasteiger charge is -2.13. The smallest absolute Gasteiger partial charge is 0.387 e. The molecule has 0 amide bonds. The van der Waals surface area contributed by atoms with E-state index in [0.29, 0.717) is 0 Å². The molecule has 17 heavy (non-hydrogen) atoms. The second kappa shape index (κ2) is 5.25. The van der Waals surface area contributed by atoms with Crippen molar-refractivity contribution in [2.75, 3.05) is 0 Å². The third-order valence-electron chi connectivity index (χ3n) is 2.17. The Balaban J connectivity index is 3.45. The molecule has 4 nitrogen and oxygen atoms in total. The average Bonchev–Trinajstić information content (AvgIpc) is 2.27. The van der Waals surface area contributed by atoms with E-state index in [1.54, 1.807) is 6.92 Å². The highest BCUT2D eigenvalue weighted by Crippen LogP contribution is 2.29. The number of ether oxygens (including phenoxy) is 1. The molecule has 1 rings (SSSR count). The van der Waals surface area contributed by atoms with Gasteiger partial charge in [0, 0.05) is 5.56 Å². The van der Waals surface area contributed by atoms with Gasteiger partial charge in [0.1, 0.15) is 11.3 Å². The standard InChI is InChI=1S/C11H9F2NO3/c1-2-7-6(5-14)3-4-8(10(15)16)9(7)17-11(12)13/h3-4,11H,2H2,1H3,(H,15,16). The van der Waals surface area contributed by atoms with Crippen LogP contribution in [0.1, 0.15) is 28.4 Å². The van der Waals surface area contributed by atoms with Crippen molar-refractivity contribution in [3.63, 3.8) is 0 Å². The third-order valence-corrected chi connectivity index (χ3v) is 2.17. The molecule has 0 aromatic heterocycles. The summed E-state index contributed by atoms with van der Waals surface area (Å²) in [6.07, 6.45) is 0.228. The summed E-state index contributed by atoms with van der Waals surface area (Å²) in [6.45, 7) is -1.51. The molecule has 0 aliphatic heterocycles. The monoisotopic (exact) mass is 241 g/mol. The van der Waals surface area contributed by atoms with E-state index < -0.39 is 18.3 Å². The van der Waals surface area contributed by atoms with Gasteiger partial charge in [-0.05, 0) is 18.6 Å². The van der Waals surface area contributed by atoms with Gasteiger partial charge in [-0.3, -0.25) is 0 Å². The number of nitriles is 1. The summed E-state index contributed by atoms with van der Waals surface area (Å²) in [5, 5.41) is 17.7. The highest BCUT2D eigenvalue weighted by atomic mass is 19.3. The topological polar surface area (TPSA) is 70.3 Å². The second-order valence-electron chi connectivity index (χ2n) is 3.12. The third kappa shape index (κ3) is 2.69. The average molecular weight is 241 g/mol. The zero-order valence-electron chi connectivity index (χ0n) is 8.91. The fraction of sp³-hybridized carbons (Fsp3) is 0.273. The first-order valence-corrected chi connectivity index (χ1v) is 4.75. The number of carbonyl (C=O) groups is 1. The predicted octanol–water partition coefficient (Wildman–Crippen LogP) is 2.42. The molecular weight excluding hydrogens is 232 g/mol. The first kappa shape index (κ1) is 12.9. The molecule has 6 heteroatoms. The van der Waals surface area contributed by atoms with Crippen LogP contribution in [0.25, 0.3) is 0 Å². The van der Waals surface area contributed by atoms with Gasteiger partial charge in [0.05, 0.1) is 11.6 Å². The molecule has 0 spiro atoms. The summed E-state index contributed by atoms with van der Waals surface area (Å²) < 4.78 is 28.6. The van der Waals surface area contributed by atoms with Crippen LogP contribution in [0.2, 0.25) is 0 Å². The molecule has 0 bridgehead atoms. The molecule has 0 atom stereocenters. The van der Waals surface area contributed by atoms with Crippen LogP contribution in [-0.4, -0.2) is 17.7 Å². The lowest BCUT2D eigenvalue weighted by Crippen LogP contribution is -2.11. The van der Waals surface area contributed by atoms with Crippen molar-refractivity contribution < 1.29 is 23.4 Å². The molecule has 0 saturated carbocycles. The molecule has 0 unspecified atom stereocenters. The zero-order valence-corrected chi connectivity index (χ0v) is 8.91. The van der Waals surface area contributed by atoms with E-state index in [-0.39, 0.29) is 23.1 Å². The Kier molecular flexibility index (Phi) is 3.99. The number of carboxylic acids is 1. The zero-order chi connectivity index (χ0) is 13.0. The van der Waals surface area contributed by atoms with E-state index >= 15 is 0 Å². The Labute approximate surface area is 96.0 Å². The van der Waals surface area contributed by atoms with Gasteiger partial charge < -0.3 is 9.84 Å². The molecular formula is C11H9F2NO3. The minimum Gasteiger partial charge on any atom is -0.478 e. The fourth-order valence-electron chi connectivity index (χ4n) is 1.48. The van der Waals surface area contributed by atoms with Gasteiger partial charge in [0.15, 0.2) is 0 Å². The highest BCUT2D eigenvalue weighted by molar-refractivity contribution is 5.92. The molecule has 1 N–H and O–H groups in total. The number of hydrogen-bond donors (Lipinski definition) is 1. The lowest BCUT2D eigenvalue weighted by atomic mass is 10.0. The number of alkyl halides is 2. The Morgan fingerprint density at radius 1 is 1.59 bits per heavy atom. The maximum Gasteiger partial charge on any atom is 0.387 e. The van der Waals surface area contributed by atoms with Gasteiger partial charge in [-0.2, -0.15) is 14.0 Å². The molecule has 0 aliphatic carbocycles. The molecule has 0 saturated heterocycles. The maximum atomic E-state index is 12.2. The van der Waals surface area contributed by atoms with Crippen molar-refractivity contribution in [3.8, 4) is 11.8 Å². The molecule has 1 aromatic carbocycles. The van der Waals surface area contributed by atoms with Crippen molar-refractivity contribution in [2.45, 2.75) is 20.0 Å². The van der Waals surface area contributed by atoms with E-state index in [9.17, 15) is 13.6 Å². The summed E-state index contributed by atoms with van der Waals surface area (Å²) in [5.74, 6) is -1.81. The fourth-order valence-corrected chi connectivity index (χ4v) is 1.48. The SMILES string of the molecule is CCc1c(C#N)ccc(C(=O)O)c1OC(F)F. The number of aromatic carboxylic acids is 1. The summed E-state index contributed by atoms with van der Waals surface area (Å²) in [7, 11) is 0. The van der Waals surface area contributed by atoms with Crippen LogP contribution in [0, 0.1) is 11.3 Å². The van der Waals surface area contributed by atoms with Gasteiger partial charge in [0.2, 0.25) is 0 Å². The summed E-state index contributed by atoms with van der Waals surface area (Å²) in [6, 6.07) is 4.17. The molecule has 0 heterocycles. The second-order valence-corrected chi connectivity index (χ2v) is 3.12. The Morgan fingerprint density at radius 3 is 2.65 bits per heavy atom. The van der Waals surface area contributed by atoms with Crippen molar-refractivity contribution in [1.82, 2.24) is 0 Å². The molecule has 90 valence electrons. The van der Waals surface area contributed by atoms with E-state index in [2.05, 4.69) is 4.74 Å². The Bertz CT molecular complexity index is 480. The summed E-state index contributed by atoms with van der Waals surface area (Å²) in [4.78, 5) is 10.9. The number of rotatable bonds is 4. The minimum absolute atomic E-state index is 0.133. The highest BCUT2D eigenvalue weighted by Gasteiger charge is 2.20. The Morgan fingerprint density at radius 2 is 2.24 bits per heavy atom. The lowest BCUT2D eigenvalue weighted by molar-refractivity contribution is -0.0509. The van der Waals surface area contributed by atoms with Gasteiger partial charge in [-0.25, -0.2) is 4.79 Å². The normalized spacial score (nSPS) is 10.1. The molecule has 0 radical (unpaired) electrons. The van der Waals surface area contributed by atoms with E-state index in [1.807, 2.05) is 6.07 Å². The largest absolute Gasteiger partial charge is 0.478 e. The van der Waals surface area contributed by atoms with Crippen LogP contribution in [0.5, 0.6) is 5.75 Å². The van der Waals surface area contributed by atoms with Crippen molar-refractivity contribution >= 4 is 5.97 Å². The molecule has 1 aromatic rings. The van der Waals surface area contributed by atoms with E-state index in [4.69, 9.17) is 10.4 Å². The van der Waals surface area contributed by atoms with Crippen LogP contribution in [0.3, 0.4) is 0 Å². The van der Waals surface area contributed by atoms with Gasteiger partial charge in [-0.15, -0.1) is 0 Å². The molecule has 0 aliphatic rings. The number of halogens is 2. The number of hydrogen-bond acceptors (Lipinski definition) is 3. The first-order valence-electron chi connectivity index (χ1n) is 4.75. The minimum atomic E-state index is -3.13. The molecule has 0 fully saturated rings. The van der Waals surface area contributed by atoms with Gasteiger partial charge in [-0.1, -0.05) is 6.92 Å². The van der Waals surface area contributed by atoms with Crippen molar-refractivity contribution in [2.24, 2.45) is 0 Å². The maximum absolute atomic E-state index is 12.2. The van der Waals surface area contributed by atoms with Crippen LogP contribution < -0.4 is 4.74 Å². The van der Waals surface area contributed by atoms with E-state index in [1.165, 1.54) is 6.07 Å². The summed E-state index contributed by atoms with van der Waals surface area (Å²) in [5.41, 5.74) is -0.0676. The number of nitrogens with zero attached hydrogens (tertiary/aromatic N) is 1. The van der Waals surface area contributed by atoms with Crippen molar-refractivity contribution in [3.05, 3.63) is 28.8 Å². The number of carboxylic acid groups (broad SMARTS) is 1. The van der Waals surface area contributed by atoms with Crippen LogP contribution in [-0.2, 0) is 6.42 Å². The van der Waals surface area contributed by atoms with Crippen molar-refractivity contribution in [1.29, 1.82) is 5.26 Å². The number of benzene rings is 1. The van der Waals surface area contributed by atoms with Gasteiger partial charge >= 0.3 is 12.6 Å². The predicted molar refractivity (Wildman–Crippen MR) is 54.1 cm³/mol. The van der Waals surface area contributed by atoms with Crippen LogP contribution in [0.4, 0.5) is 8.78 Å².